The summed E-state index contributed by atoms with van der Waals surface area (Å²) < 4.78 is 0. The van der Waals surface area contributed by atoms with E-state index in [1.807, 2.05) is 24.0 Å². The quantitative estimate of drug-likeness (QED) is 0.927. The van der Waals surface area contributed by atoms with Crippen LogP contribution in [0.15, 0.2) is 35.5 Å². The van der Waals surface area contributed by atoms with Crippen molar-refractivity contribution < 1.29 is 0 Å². The highest BCUT2D eigenvalue weighted by Crippen LogP contribution is 2.49. The molecule has 0 radical (unpaired) electrons. The normalized spacial score (nSPS) is 26.5. The highest BCUT2D eigenvalue weighted by molar-refractivity contribution is 8.14. The van der Waals surface area contributed by atoms with Crippen LogP contribution in [-0.4, -0.2) is 31.8 Å². The Morgan fingerprint density at radius 3 is 2.87 bits per heavy atom. The first-order valence-electron chi connectivity index (χ1n) is 8.25. The molecule has 3 atom stereocenters. The van der Waals surface area contributed by atoms with Crippen molar-refractivity contribution in [2.75, 3.05) is 5.75 Å². The number of hydrogen-bond donors (Lipinski definition) is 1. The van der Waals surface area contributed by atoms with Gasteiger partial charge in [0.15, 0.2) is 5.17 Å². The first-order chi connectivity index (χ1) is 11.2. The van der Waals surface area contributed by atoms with Gasteiger partial charge in [-0.15, -0.1) is 0 Å². The largest absolute Gasteiger partial charge is 0.362 e. The van der Waals surface area contributed by atoms with Crippen LogP contribution in [0.5, 0.6) is 0 Å². The SMILES string of the molecule is CC[C@@H]1CSC2=N[C@H](c3ccccn3)[C@H](c3cc(C)[nH]c3C)N21. The van der Waals surface area contributed by atoms with E-state index in [2.05, 4.69) is 53.8 Å². The lowest BCUT2D eigenvalue weighted by molar-refractivity contribution is 0.254. The average Bonchev–Trinajstić information content (AvgIpc) is 3.21. The van der Waals surface area contributed by atoms with Crippen molar-refractivity contribution in [2.45, 2.75) is 45.3 Å². The van der Waals surface area contributed by atoms with Crippen LogP contribution in [-0.2, 0) is 0 Å². The van der Waals surface area contributed by atoms with Gasteiger partial charge in [0.05, 0.1) is 11.7 Å². The van der Waals surface area contributed by atoms with Gasteiger partial charge in [0.2, 0.25) is 0 Å². The van der Waals surface area contributed by atoms with Crippen LogP contribution in [0.3, 0.4) is 0 Å². The van der Waals surface area contributed by atoms with E-state index in [0.717, 1.165) is 17.9 Å². The molecule has 1 fully saturated rings. The summed E-state index contributed by atoms with van der Waals surface area (Å²) in [5, 5.41) is 1.19. The molecular formula is C18H22N4S. The molecule has 0 saturated carbocycles. The molecule has 1 saturated heterocycles. The van der Waals surface area contributed by atoms with Crippen molar-refractivity contribution in [3.63, 3.8) is 0 Å². The summed E-state index contributed by atoms with van der Waals surface area (Å²) in [4.78, 5) is 15.7. The van der Waals surface area contributed by atoms with Crippen LogP contribution in [0, 0.1) is 13.8 Å². The minimum atomic E-state index is 0.0851. The Labute approximate surface area is 141 Å². The molecular weight excluding hydrogens is 304 g/mol. The molecule has 1 N–H and O–H groups in total. The topological polar surface area (TPSA) is 44.3 Å². The number of rotatable bonds is 3. The Bertz CT molecular complexity index is 737. The number of aliphatic imine (C=N–C) groups is 1. The number of amidine groups is 1. The Morgan fingerprint density at radius 1 is 1.35 bits per heavy atom. The third kappa shape index (κ3) is 2.38. The van der Waals surface area contributed by atoms with Gasteiger partial charge in [-0.2, -0.15) is 0 Å². The maximum atomic E-state index is 5.06. The minimum absolute atomic E-state index is 0.0851. The number of aromatic amines is 1. The Morgan fingerprint density at radius 2 is 2.22 bits per heavy atom. The van der Waals surface area contributed by atoms with Crippen LogP contribution >= 0.6 is 11.8 Å². The van der Waals surface area contributed by atoms with E-state index in [-0.39, 0.29) is 12.1 Å². The summed E-state index contributed by atoms with van der Waals surface area (Å²) in [6.07, 6.45) is 3.02. The fourth-order valence-corrected chi connectivity index (χ4v) is 5.08. The molecule has 0 unspecified atom stereocenters. The van der Waals surface area contributed by atoms with E-state index in [1.165, 1.54) is 22.1 Å². The van der Waals surface area contributed by atoms with Crippen molar-refractivity contribution >= 4 is 16.9 Å². The minimum Gasteiger partial charge on any atom is -0.362 e. The number of aryl methyl sites for hydroxylation is 2. The van der Waals surface area contributed by atoms with Crippen LogP contribution in [0.4, 0.5) is 0 Å². The molecule has 2 aliphatic rings. The van der Waals surface area contributed by atoms with Crippen LogP contribution < -0.4 is 0 Å². The molecule has 0 amide bonds. The zero-order valence-electron chi connectivity index (χ0n) is 13.8. The molecule has 23 heavy (non-hydrogen) atoms. The zero-order chi connectivity index (χ0) is 16.0. The summed E-state index contributed by atoms with van der Waals surface area (Å²) in [5.74, 6) is 1.14. The fourth-order valence-electron chi connectivity index (χ4n) is 3.74. The third-order valence-corrected chi connectivity index (χ3v) is 5.96. The number of H-pyrrole nitrogens is 1. The number of fused-ring (bicyclic) bond motifs is 1. The summed E-state index contributed by atoms with van der Waals surface area (Å²) in [5.41, 5.74) is 4.88. The molecule has 0 bridgehead atoms. The second kappa shape index (κ2) is 5.71. The Hall–Kier alpha value is -1.75. The predicted octanol–water partition coefficient (Wildman–Crippen LogP) is 4.01. The second-order valence-electron chi connectivity index (χ2n) is 6.37. The van der Waals surface area contributed by atoms with E-state index in [0.29, 0.717) is 6.04 Å². The van der Waals surface area contributed by atoms with Crippen molar-refractivity contribution in [2.24, 2.45) is 4.99 Å². The summed E-state index contributed by atoms with van der Waals surface area (Å²) in [6, 6.07) is 9.31. The molecule has 4 heterocycles. The van der Waals surface area contributed by atoms with Gasteiger partial charge in [-0.1, -0.05) is 24.8 Å². The number of thioether (sulfide) groups is 1. The lowest BCUT2D eigenvalue weighted by Gasteiger charge is -2.31. The standard InChI is InChI=1S/C18H22N4S/c1-4-13-10-23-18-21-16(15-7-5-6-8-19-15)17(22(13)18)14-9-11(2)20-12(14)3/h5-9,13,16-17,20H,4,10H2,1-3H3/t13-,16-,17+/m1/s1. The van der Waals surface area contributed by atoms with Gasteiger partial charge < -0.3 is 9.88 Å². The first-order valence-corrected chi connectivity index (χ1v) is 9.23. The van der Waals surface area contributed by atoms with Gasteiger partial charge in [-0.3, -0.25) is 9.98 Å². The molecule has 4 rings (SSSR count). The van der Waals surface area contributed by atoms with Crippen molar-refractivity contribution in [3.8, 4) is 0 Å². The predicted molar refractivity (Wildman–Crippen MR) is 95.8 cm³/mol. The first kappa shape index (κ1) is 14.8. The summed E-state index contributed by atoms with van der Waals surface area (Å²) in [6.45, 7) is 6.56. The molecule has 2 aromatic heterocycles. The van der Waals surface area contributed by atoms with Crippen LogP contribution in [0.25, 0.3) is 0 Å². The van der Waals surface area contributed by atoms with E-state index in [1.54, 1.807) is 0 Å². The summed E-state index contributed by atoms with van der Waals surface area (Å²) >= 11 is 1.89. The second-order valence-corrected chi connectivity index (χ2v) is 7.36. The van der Waals surface area contributed by atoms with Gasteiger partial charge in [0.25, 0.3) is 0 Å². The van der Waals surface area contributed by atoms with Gasteiger partial charge in [0, 0.05) is 29.4 Å². The van der Waals surface area contributed by atoms with E-state index in [4.69, 9.17) is 4.99 Å². The van der Waals surface area contributed by atoms with Gasteiger partial charge in [-0.05, 0) is 44.0 Å². The maximum absolute atomic E-state index is 5.06. The van der Waals surface area contributed by atoms with Crippen molar-refractivity contribution in [1.29, 1.82) is 0 Å². The summed E-state index contributed by atoms with van der Waals surface area (Å²) in [7, 11) is 0. The lowest BCUT2D eigenvalue weighted by atomic mass is 9.95. The molecule has 2 aliphatic heterocycles. The van der Waals surface area contributed by atoms with Crippen molar-refractivity contribution in [1.82, 2.24) is 14.9 Å². The molecule has 2 aromatic rings. The van der Waals surface area contributed by atoms with Gasteiger partial charge >= 0.3 is 0 Å². The molecule has 5 heteroatoms. The van der Waals surface area contributed by atoms with Crippen LogP contribution in [0.1, 0.15) is 48.1 Å². The monoisotopic (exact) mass is 326 g/mol. The Kier molecular flexibility index (Phi) is 3.68. The molecule has 4 nitrogen and oxygen atoms in total. The van der Waals surface area contributed by atoms with E-state index < -0.39 is 0 Å². The number of pyridine rings is 1. The molecule has 120 valence electrons. The fraction of sp³-hybridized carbons (Fsp3) is 0.444. The van der Waals surface area contributed by atoms with E-state index in [9.17, 15) is 0 Å². The zero-order valence-corrected chi connectivity index (χ0v) is 14.6. The Balaban J connectivity index is 1.82. The lowest BCUT2D eigenvalue weighted by Crippen LogP contribution is -2.35. The number of aromatic nitrogens is 2. The van der Waals surface area contributed by atoms with Gasteiger partial charge in [-0.25, -0.2) is 0 Å². The number of nitrogens with one attached hydrogen (secondary N) is 1. The number of hydrogen-bond acceptors (Lipinski definition) is 4. The van der Waals surface area contributed by atoms with Crippen LogP contribution in [0.2, 0.25) is 0 Å². The van der Waals surface area contributed by atoms with Gasteiger partial charge in [0.1, 0.15) is 6.04 Å². The molecule has 0 aliphatic carbocycles. The molecule has 0 aromatic carbocycles. The number of nitrogens with zero attached hydrogens (tertiary/aromatic N) is 3. The third-order valence-electron chi connectivity index (χ3n) is 4.84. The maximum Gasteiger partial charge on any atom is 0.160 e. The highest BCUT2D eigenvalue weighted by atomic mass is 32.2. The smallest absolute Gasteiger partial charge is 0.160 e. The van der Waals surface area contributed by atoms with Crippen molar-refractivity contribution in [3.05, 3.63) is 53.1 Å². The average molecular weight is 326 g/mol. The highest BCUT2D eigenvalue weighted by Gasteiger charge is 2.46. The van der Waals surface area contributed by atoms with E-state index >= 15 is 0 Å². The molecule has 0 spiro atoms.